The smallest absolute Gasteiger partial charge is 0.150 e. The van der Waals surface area contributed by atoms with Crippen LogP contribution in [-0.2, 0) is 0 Å². The van der Waals surface area contributed by atoms with Crippen LogP contribution in [0.25, 0.3) is 49.8 Å². The van der Waals surface area contributed by atoms with Crippen molar-refractivity contribution in [1.82, 2.24) is 4.57 Å². The lowest BCUT2D eigenvalue weighted by molar-refractivity contribution is 0.112. The van der Waals surface area contributed by atoms with Crippen LogP contribution < -0.4 is 0 Å². The van der Waals surface area contributed by atoms with Crippen molar-refractivity contribution in [3.8, 4) is 16.8 Å². The van der Waals surface area contributed by atoms with E-state index in [1.54, 1.807) is 0 Å². The van der Waals surface area contributed by atoms with Crippen molar-refractivity contribution >= 4 is 39.2 Å². The molecule has 0 spiro atoms. The molecule has 0 aliphatic rings. The van der Waals surface area contributed by atoms with Crippen LogP contribution in [0.2, 0.25) is 0 Å². The molecule has 1 aromatic heterocycles. The third kappa shape index (κ3) is 5.26. The fraction of sp³-hybridized carbons (Fsp3) is 0. The zero-order valence-electron chi connectivity index (χ0n) is 25.8. The number of fused-ring (bicyclic) bond motifs is 3. The van der Waals surface area contributed by atoms with Crippen LogP contribution in [0.15, 0.2) is 182 Å². The molecule has 0 amide bonds. The van der Waals surface area contributed by atoms with E-state index in [9.17, 15) is 4.79 Å². The van der Waals surface area contributed by atoms with Crippen molar-refractivity contribution < 1.29 is 4.79 Å². The van der Waals surface area contributed by atoms with Gasteiger partial charge in [0.25, 0.3) is 0 Å². The number of carbonyl (C=O) groups is 1. The van der Waals surface area contributed by atoms with E-state index in [0.29, 0.717) is 5.56 Å². The molecule has 0 bridgehead atoms. The lowest BCUT2D eigenvalue weighted by atomic mass is 9.85. The van der Waals surface area contributed by atoms with Crippen LogP contribution in [0.4, 0.5) is 0 Å². The zero-order chi connectivity index (χ0) is 31.6. The van der Waals surface area contributed by atoms with Gasteiger partial charge in [-0.15, -0.1) is 0 Å². The van der Waals surface area contributed by atoms with Gasteiger partial charge in [-0.05, 0) is 68.8 Å². The molecule has 0 fully saturated rings. The zero-order valence-corrected chi connectivity index (χ0v) is 25.8. The Morgan fingerprint density at radius 1 is 0.383 bits per heavy atom. The van der Waals surface area contributed by atoms with Crippen molar-refractivity contribution in [2.24, 2.45) is 0 Å². The number of hydrogen-bond donors (Lipinski definition) is 0. The molecule has 2 nitrogen and oxygen atoms in total. The highest BCUT2D eigenvalue weighted by Crippen LogP contribution is 2.39. The van der Waals surface area contributed by atoms with Crippen LogP contribution in [0.3, 0.4) is 0 Å². The third-order valence-corrected chi connectivity index (χ3v) is 8.92. The number of carbonyl (C=O) groups excluding carboxylic acids is 1. The number of nitrogens with zero attached hydrogens (tertiary/aromatic N) is 1. The van der Waals surface area contributed by atoms with Gasteiger partial charge in [-0.2, -0.15) is 0 Å². The Balaban J connectivity index is 1.31. The number of rotatable bonds is 7. The minimum atomic E-state index is 0.677. The highest BCUT2D eigenvalue weighted by Gasteiger charge is 2.17. The number of aldehydes is 1. The molecule has 222 valence electrons. The highest BCUT2D eigenvalue weighted by atomic mass is 16.1. The molecule has 0 N–H and O–H groups in total. The first-order valence-corrected chi connectivity index (χ1v) is 15.9. The Morgan fingerprint density at radius 3 is 1.23 bits per heavy atom. The highest BCUT2D eigenvalue weighted by molar-refractivity contribution is 6.09. The Bertz CT molecular complexity index is 2310. The molecule has 7 aromatic carbocycles. The summed E-state index contributed by atoms with van der Waals surface area (Å²) in [6.45, 7) is 0. The van der Waals surface area contributed by atoms with E-state index in [2.05, 4.69) is 162 Å². The van der Waals surface area contributed by atoms with Crippen LogP contribution in [0.1, 0.15) is 32.6 Å². The largest absolute Gasteiger partial charge is 0.309 e. The fourth-order valence-electron chi connectivity index (χ4n) is 6.68. The Labute approximate surface area is 274 Å². The van der Waals surface area contributed by atoms with Gasteiger partial charge in [-0.1, -0.05) is 158 Å². The lowest BCUT2D eigenvalue weighted by Crippen LogP contribution is -1.99. The normalized spacial score (nSPS) is 11.8. The summed E-state index contributed by atoms with van der Waals surface area (Å²) in [4.78, 5) is 11.2. The molecule has 0 saturated carbocycles. The quantitative estimate of drug-likeness (QED) is 0.132. The SMILES string of the molecule is O=Cc1ccc(-c2ccc(/C(=C(\c3ccccc3)c3ccc(-n4c5ccccc5c5ccccc54)cc3)c3ccccc3)cc2)cc1. The topological polar surface area (TPSA) is 22.0 Å². The van der Waals surface area contributed by atoms with Gasteiger partial charge in [-0.25, -0.2) is 0 Å². The molecule has 8 rings (SSSR count). The summed E-state index contributed by atoms with van der Waals surface area (Å²) in [7, 11) is 0. The van der Waals surface area contributed by atoms with Gasteiger partial charge in [-0.3, -0.25) is 4.79 Å². The molecular formula is C45H31NO. The molecule has 0 aliphatic carbocycles. The second kappa shape index (κ2) is 12.3. The number of aromatic nitrogens is 1. The maximum absolute atomic E-state index is 11.2. The van der Waals surface area contributed by atoms with E-state index < -0.39 is 0 Å². The van der Waals surface area contributed by atoms with E-state index in [1.807, 2.05) is 24.3 Å². The number of para-hydroxylation sites is 2. The fourth-order valence-corrected chi connectivity index (χ4v) is 6.68. The van der Waals surface area contributed by atoms with Gasteiger partial charge in [0.1, 0.15) is 6.29 Å². The van der Waals surface area contributed by atoms with Crippen molar-refractivity contribution in [2.45, 2.75) is 0 Å². The first kappa shape index (κ1) is 28.2. The second-order valence-electron chi connectivity index (χ2n) is 11.7. The number of benzene rings is 7. The maximum atomic E-state index is 11.2. The third-order valence-electron chi connectivity index (χ3n) is 8.92. The van der Waals surface area contributed by atoms with E-state index in [0.717, 1.165) is 45.4 Å². The summed E-state index contributed by atoms with van der Waals surface area (Å²) in [5.74, 6) is 0. The second-order valence-corrected chi connectivity index (χ2v) is 11.7. The Kier molecular flexibility index (Phi) is 7.37. The summed E-state index contributed by atoms with van der Waals surface area (Å²) in [5, 5.41) is 2.51. The van der Waals surface area contributed by atoms with E-state index in [4.69, 9.17) is 0 Å². The molecule has 8 aromatic rings. The van der Waals surface area contributed by atoms with Gasteiger partial charge < -0.3 is 4.57 Å². The van der Waals surface area contributed by atoms with Gasteiger partial charge >= 0.3 is 0 Å². The lowest BCUT2D eigenvalue weighted by Gasteiger charge is -2.19. The molecule has 0 aliphatic heterocycles. The van der Waals surface area contributed by atoms with Crippen LogP contribution in [-0.4, -0.2) is 10.9 Å². The molecular weight excluding hydrogens is 571 g/mol. The van der Waals surface area contributed by atoms with Gasteiger partial charge in [0.15, 0.2) is 0 Å². The van der Waals surface area contributed by atoms with Crippen molar-refractivity contribution in [3.63, 3.8) is 0 Å². The molecule has 0 saturated heterocycles. The first-order valence-electron chi connectivity index (χ1n) is 15.9. The van der Waals surface area contributed by atoms with E-state index in [-0.39, 0.29) is 0 Å². The molecule has 2 heteroatoms. The first-order chi connectivity index (χ1) is 23.3. The van der Waals surface area contributed by atoms with Crippen LogP contribution in [0, 0.1) is 0 Å². The predicted molar refractivity (Wildman–Crippen MR) is 196 cm³/mol. The van der Waals surface area contributed by atoms with Crippen LogP contribution >= 0.6 is 0 Å². The summed E-state index contributed by atoms with van der Waals surface area (Å²) < 4.78 is 2.36. The minimum absolute atomic E-state index is 0.677. The van der Waals surface area contributed by atoms with Crippen molar-refractivity contribution in [3.05, 3.63) is 210 Å². The maximum Gasteiger partial charge on any atom is 0.150 e. The van der Waals surface area contributed by atoms with E-state index in [1.165, 1.54) is 33.0 Å². The summed E-state index contributed by atoms with van der Waals surface area (Å²) >= 11 is 0. The number of hydrogen-bond acceptors (Lipinski definition) is 1. The van der Waals surface area contributed by atoms with Gasteiger partial charge in [0.2, 0.25) is 0 Å². The average molecular weight is 602 g/mol. The molecule has 47 heavy (non-hydrogen) atoms. The van der Waals surface area contributed by atoms with Gasteiger partial charge in [0.05, 0.1) is 11.0 Å². The van der Waals surface area contributed by atoms with Crippen LogP contribution in [0.5, 0.6) is 0 Å². The van der Waals surface area contributed by atoms with Crippen molar-refractivity contribution in [1.29, 1.82) is 0 Å². The molecule has 0 atom stereocenters. The molecule has 1 heterocycles. The Morgan fingerprint density at radius 2 is 0.766 bits per heavy atom. The summed E-state index contributed by atoms with van der Waals surface area (Å²) in [6, 6.07) is 64.1. The molecule has 0 unspecified atom stereocenters. The van der Waals surface area contributed by atoms with E-state index >= 15 is 0 Å². The average Bonchev–Trinajstić information content (AvgIpc) is 3.49. The summed E-state index contributed by atoms with van der Waals surface area (Å²) in [6.07, 6.45) is 0.879. The Hall–Kier alpha value is -6.25. The van der Waals surface area contributed by atoms with Crippen molar-refractivity contribution in [2.75, 3.05) is 0 Å². The monoisotopic (exact) mass is 601 g/mol. The predicted octanol–water partition coefficient (Wildman–Crippen LogP) is 11.3. The van der Waals surface area contributed by atoms with Gasteiger partial charge in [0, 0.05) is 22.0 Å². The summed E-state index contributed by atoms with van der Waals surface area (Å²) in [5.41, 5.74) is 13.3. The minimum Gasteiger partial charge on any atom is -0.309 e. The standard InChI is InChI=1S/C45H31NO/c47-31-32-19-21-33(22-20-32)34-23-25-37(26-24-34)44(35-11-3-1-4-12-35)45(36-13-5-2-6-14-36)38-27-29-39(30-28-38)46-42-17-9-7-15-40(42)41-16-8-10-18-43(41)46/h1-31H/b45-44+. The molecule has 0 radical (unpaired) electrons.